The number of benzene rings is 1. The van der Waals surface area contributed by atoms with E-state index in [0.29, 0.717) is 17.0 Å². The molecule has 1 aromatic carbocycles. The summed E-state index contributed by atoms with van der Waals surface area (Å²) in [6.45, 7) is 7.26. The van der Waals surface area contributed by atoms with Crippen LogP contribution in [0.15, 0.2) is 24.3 Å². The lowest BCUT2D eigenvalue weighted by Gasteiger charge is -2.30. The van der Waals surface area contributed by atoms with E-state index >= 15 is 0 Å². The quantitative estimate of drug-likeness (QED) is 0.612. The fourth-order valence-corrected chi connectivity index (χ4v) is 4.44. The van der Waals surface area contributed by atoms with Crippen LogP contribution in [0, 0.1) is 11.8 Å². The molecule has 0 radical (unpaired) electrons. The minimum atomic E-state index is -0.832. The van der Waals surface area contributed by atoms with Crippen LogP contribution in [0.5, 0.6) is 0 Å². The maximum absolute atomic E-state index is 13.1. The highest BCUT2D eigenvalue weighted by molar-refractivity contribution is 6.31. The van der Waals surface area contributed by atoms with Crippen molar-refractivity contribution in [3.8, 4) is 0 Å². The van der Waals surface area contributed by atoms with E-state index in [4.69, 9.17) is 21.1 Å². The van der Waals surface area contributed by atoms with E-state index in [1.165, 1.54) is 6.42 Å². The summed E-state index contributed by atoms with van der Waals surface area (Å²) in [5.41, 5.74) is 0.125. The molecule has 2 N–H and O–H groups in total. The average Bonchev–Trinajstić information content (AvgIpc) is 3.27. The van der Waals surface area contributed by atoms with Crippen molar-refractivity contribution in [1.82, 2.24) is 10.6 Å². The number of piperidine rings is 1. The number of carbonyl (C=O) groups excluding carboxylic acids is 2. The molecule has 2 fully saturated rings. The first-order valence-corrected chi connectivity index (χ1v) is 11.0. The first-order valence-electron chi connectivity index (χ1n) is 10.6. The Hall–Kier alpha value is -1.63. The molecule has 1 saturated heterocycles. The smallest absolute Gasteiger partial charge is 0.329 e. The summed E-state index contributed by atoms with van der Waals surface area (Å²) in [7, 11) is 1.63. The Bertz CT molecular complexity index is 769. The molecule has 1 saturated carbocycles. The Morgan fingerprint density at radius 3 is 2.53 bits per heavy atom. The van der Waals surface area contributed by atoms with Gasteiger partial charge in [0.05, 0.1) is 12.0 Å². The van der Waals surface area contributed by atoms with E-state index in [0.717, 1.165) is 12.0 Å². The summed E-state index contributed by atoms with van der Waals surface area (Å²) in [4.78, 5) is 25.9. The first-order chi connectivity index (χ1) is 14.1. The van der Waals surface area contributed by atoms with Gasteiger partial charge in [-0.1, -0.05) is 36.7 Å². The predicted molar refractivity (Wildman–Crippen MR) is 116 cm³/mol. The minimum Gasteiger partial charge on any atom is -0.458 e. The van der Waals surface area contributed by atoms with Crippen molar-refractivity contribution in [2.75, 3.05) is 7.11 Å². The molecule has 3 rings (SSSR count). The summed E-state index contributed by atoms with van der Waals surface area (Å²) in [5, 5.41) is 7.00. The standard InChI is InChI=1S/C23H33ClN2O4/c1-13(20(29-5)18-12-15-11-17(15)25-18)21(27)26-19(22(28)30-23(2,3)4)10-14-8-6-7-9-16(14)24/h6-9,13,15,17-20,25H,10-12H2,1-5H3,(H,26,27)/t13-,15+,17+,18+,19?,20-/m1/s1. The molecule has 6 nitrogen and oxygen atoms in total. The minimum absolute atomic E-state index is 0.156. The van der Waals surface area contributed by atoms with E-state index in [1.54, 1.807) is 33.9 Å². The fourth-order valence-electron chi connectivity index (χ4n) is 4.23. The Kier molecular flexibility index (Phi) is 7.10. The molecule has 1 heterocycles. The number of halogens is 1. The monoisotopic (exact) mass is 436 g/mol. The van der Waals surface area contributed by atoms with E-state index in [9.17, 15) is 9.59 Å². The van der Waals surface area contributed by atoms with Gasteiger partial charge < -0.3 is 20.1 Å². The molecule has 1 aliphatic heterocycles. The molecule has 0 aromatic heterocycles. The molecule has 1 aliphatic carbocycles. The van der Waals surface area contributed by atoms with Crippen molar-refractivity contribution in [2.24, 2.45) is 11.8 Å². The van der Waals surface area contributed by atoms with Gasteiger partial charge in [0.2, 0.25) is 5.91 Å². The maximum atomic E-state index is 13.1. The van der Waals surface area contributed by atoms with E-state index in [1.807, 2.05) is 25.1 Å². The lowest BCUT2D eigenvalue weighted by Crippen LogP contribution is -2.52. The van der Waals surface area contributed by atoms with Gasteiger partial charge in [0, 0.05) is 30.6 Å². The zero-order chi connectivity index (χ0) is 22.1. The predicted octanol–water partition coefficient (Wildman–Crippen LogP) is 3.11. The number of esters is 1. The third-order valence-electron chi connectivity index (χ3n) is 5.87. The van der Waals surface area contributed by atoms with Crippen molar-refractivity contribution in [3.05, 3.63) is 34.9 Å². The molecule has 7 heteroatoms. The second-order valence-corrected chi connectivity index (χ2v) is 9.90. The van der Waals surface area contributed by atoms with Crippen LogP contribution in [0.25, 0.3) is 0 Å². The van der Waals surface area contributed by atoms with E-state index in [2.05, 4.69) is 10.6 Å². The van der Waals surface area contributed by atoms with Gasteiger partial charge in [0.25, 0.3) is 0 Å². The number of hydrogen-bond acceptors (Lipinski definition) is 5. The molecule has 1 aromatic rings. The molecule has 6 atom stereocenters. The summed E-state index contributed by atoms with van der Waals surface area (Å²) in [5.74, 6) is -0.414. The van der Waals surface area contributed by atoms with Crippen LogP contribution in [-0.4, -0.2) is 48.8 Å². The first kappa shape index (κ1) is 23.0. The number of fused-ring (bicyclic) bond motifs is 1. The average molecular weight is 437 g/mol. The number of methoxy groups -OCH3 is 1. The molecule has 0 bridgehead atoms. The second-order valence-electron chi connectivity index (χ2n) is 9.49. The third kappa shape index (κ3) is 5.74. The van der Waals surface area contributed by atoms with Gasteiger partial charge in [-0.3, -0.25) is 4.79 Å². The summed E-state index contributed by atoms with van der Waals surface area (Å²) < 4.78 is 11.2. The molecule has 166 valence electrons. The molecule has 1 unspecified atom stereocenters. The molecular weight excluding hydrogens is 404 g/mol. The zero-order valence-corrected chi connectivity index (χ0v) is 19.2. The number of carbonyl (C=O) groups is 2. The topological polar surface area (TPSA) is 76.7 Å². The van der Waals surface area contributed by atoms with Crippen LogP contribution < -0.4 is 10.6 Å². The van der Waals surface area contributed by atoms with Gasteiger partial charge in [0.1, 0.15) is 11.6 Å². The number of amides is 1. The third-order valence-corrected chi connectivity index (χ3v) is 6.24. The number of rotatable bonds is 8. The number of hydrogen-bond donors (Lipinski definition) is 2. The molecule has 30 heavy (non-hydrogen) atoms. The Labute approximate surface area is 184 Å². The largest absolute Gasteiger partial charge is 0.458 e. The second kappa shape index (κ2) is 9.25. The Morgan fingerprint density at radius 1 is 1.27 bits per heavy atom. The summed E-state index contributed by atoms with van der Waals surface area (Å²) in [6.07, 6.45) is 2.25. The van der Waals surface area contributed by atoms with Gasteiger partial charge >= 0.3 is 5.97 Å². The van der Waals surface area contributed by atoms with Crippen LogP contribution >= 0.6 is 11.6 Å². The Balaban J connectivity index is 1.70. The van der Waals surface area contributed by atoms with E-state index < -0.39 is 23.5 Å². The van der Waals surface area contributed by atoms with Crippen LogP contribution in [0.4, 0.5) is 0 Å². The van der Waals surface area contributed by atoms with Crippen LogP contribution in [0.2, 0.25) is 5.02 Å². The number of nitrogens with one attached hydrogen (secondary N) is 2. The van der Waals surface area contributed by atoms with Crippen molar-refractivity contribution >= 4 is 23.5 Å². The van der Waals surface area contributed by atoms with Gasteiger partial charge in [-0.2, -0.15) is 0 Å². The van der Waals surface area contributed by atoms with Gasteiger partial charge in [0.15, 0.2) is 0 Å². The van der Waals surface area contributed by atoms with Crippen LogP contribution in [0.1, 0.15) is 46.1 Å². The SMILES string of the molecule is CO[C@@H]([C@@H]1C[C@@H]2C[C@@H]2N1)[C@@H](C)C(=O)NC(Cc1ccccc1Cl)C(=O)OC(C)(C)C. The van der Waals surface area contributed by atoms with Gasteiger partial charge in [-0.25, -0.2) is 4.79 Å². The molecule has 2 aliphatic rings. The van der Waals surface area contributed by atoms with E-state index in [-0.39, 0.29) is 24.5 Å². The van der Waals surface area contributed by atoms with Crippen LogP contribution in [-0.2, 0) is 25.5 Å². The van der Waals surface area contributed by atoms with Crippen molar-refractivity contribution in [1.29, 1.82) is 0 Å². The summed E-state index contributed by atoms with van der Waals surface area (Å²) in [6, 6.07) is 7.20. The lowest BCUT2D eigenvalue weighted by molar-refractivity contribution is -0.159. The highest BCUT2D eigenvalue weighted by Gasteiger charge is 2.49. The number of ether oxygens (including phenoxy) is 2. The molecule has 1 amide bonds. The zero-order valence-electron chi connectivity index (χ0n) is 18.4. The van der Waals surface area contributed by atoms with Crippen molar-refractivity contribution < 1.29 is 19.1 Å². The highest BCUT2D eigenvalue weighted by atomic mass is 35.5. The lowest BCUT2D eigenvalue weighted by atomic mass is 9.94. The fraction of sp³-hybridized carbons (Fsp3) is 0.652. The van der Waals surface area contributed by atoms with Gasteiger partial charge in [-0.05, 0) is 51.2 Å². The highest BCUT2D eigenvalue weighted by Crippen LogP contribution is 2.42. The normalized spacial score (nSPS) is 25.7. The van der Waals surface area contributed by atoms with Gasteiger partial charge in [-0.15, -0.1) is 0 Å². The Morgan fingerprint density at radius 2 is 1.97 bits per heavy atom. The van der Waals surface area contributed by atoms with Crippen molar-refractivity contribution in [2.45, 2.75) is 76.8 Å². The maximum Gasteiger partial charge on any atom is 0.329 e. The summed E-state index contributed by atoms with van der Waals surface area (Å²) >= 11 is 6.29. The van der Waals surface area contributed by atoms with Crippen LogP contribution in [0.3, 0.4) is 0 Å². The molecular formula is C23H33ClN2O4. The van der Waals surface area contributed by atoms with Crippen molar-refractivity contribution in [3.63, 3.8) is 0 Å². The molecule has 0 spiro atoms.